The summed E-state index contributed by atoms with van der Waals surface area (Å²) in [5.41, 5.74) is 2.01. The van der Waals surface area contributed by atoms with Gasteiger partial charge >= 0.3 is 0 Å². The van der Waals surface area contributed by atoms with E-state index in [1.807, 2.05) is 25.1 Å². The monoisotopic (exact) mass is 267 g/mol. The lowest BCUT2D eigenvalue weighted by atomic mass is 10.0. The van der Waals surface area contributed by atoms with Crippen molar-refractivity contribution < 1.29 is 5.11 Å². The Morgan fingerprint density at radius 3 is 2.67 bits per heavy atom. The van der Waals surface area contributed by atoms with Crippen molar-refractivity contribution in [2.75, 3.05) is 19.6 Å². The van der Waals surface area contributed by atoms with E-state index in [1.165, 1.54) is 32.4 Å². The number of aliphatic hydroxyl groups is 1. The molecule has 1 unspecified atom stereocenters. The summed E-state index contributed by atoms with van der Waals surface area (Å²) in [5.74, 6) is 0. The molecule has 0 aromatic heterocycles. The average Bonchev–Trinajstić information content (AvgIpc) is 2.40. The minimum atomic E-state index is -0.372. The summed E-state index contributed by atoms with van der Waals surface area (Å²) in [4.78, 5) is 2.45. The zero-order valence-corrected chi connectivity index (χ0v) is 11.8. The van der Waals surface area contributed by atoms with E-state index < -0.39 is 0 Å². The van der Waals surface area contributed by atoms with E-state index in [2.05, 4.69) is 4.90 Å². The summed E-state index contributed by atoms with van der Waals surface area (Å²) in [6.07, 6.45) is 4.39. The van der Waals surface area contributed by atoms with Crippen LogP contribution in [0.15, 0.2) is 18.2 Å². The van der Waals surface area contributed by atoms with Gasteiger partial charge in [-0.3, -0.25) is 0 Å². The average molecular weight is 268 g/mol. The van der Waals surface area contributed by atoms with Gasteiger partial charge in [-0.1, -0.05) is 30.2 Å². The van der Waals surface area contributed by atoms with Gasteiger partial charge in [-0.2, -0.15) is 0 Å². The fourth-order valence-electron chi connectivity index (χ4n) is 2.53. The van der Waals surface area contributed by atoms with E-state index in [0.717, 1.165) is 29.1 Å². The normalized spacial score (nSPS) is 18.8. The number of nitrogens with zero attached hydrogens (tertiary/aromatic N) is 1. The number of hydrogen-bond acceptors (Lipinski definition) is 2. The predicted molar refractivity (Wildman–Crippen MR) is 76.1 cm³/mol. The van der Waals surface area contributed by atoms with Gasteiger partial charge in [0.15, 0.2) is 0 Å². The van der Waals surface area contributed by atoms with Crippen LogP contribution in [0.5, 0.6) is 0 Å². The van der Waals surface area contributed by atoms with Crippen molar-refractivity contribution in [3.63, 3.8) is 0 Å². The molecule has 2 rings (SSSR count). The second kappa shape index (κ2) is 6.55. The van der Waals surface area contributed by atoms with Crippen LogP contribution >= 0.6 is 11.6 Å². The zero-order valence-electron chi connectivity index (χ0n) is 11.0. The predicted octanol–water partition coefficient (Wildman–Crippen LogP) is 3.56. The van der Waals surface area contributed by atoms with Crippen LogP contribution in [-0.4, -0.2) is 29.6 Å². The van der Waals surface area contributed by atoms with Crippen LogP contribution in [0.2, 0.25) is 5.02 Å². The second-order valence-electron chi connectivity index (χ2n) is 5.22. The summed E-state index contributed by atoms with van der Waals surface area (Å²) < 4.78 is 0. The van der Waals surface area contributed by atoms with Crippen molar-refractivity contribution in [3.05, 3.63) is 34.3 Å². The minimum absolute atomic E-state index is 0.372. The summed E-state index contributed by atoms with van der Waals surface area (Å²) in [6.45, 7) is 5.34. The summed E-state index contributed by atoms with van der Waals surface area (Å²) in [5, 5.41) is 11.0. The lowest BCUT2D eigenvalue weighted by Crippen LogP contribution is -2.31. The SMILES string of the molecule is Cc1cc(C(O)CCN2CCCCC2)ccc1Cl. The molecule has 0 amide bonds. The molecule has 1 aromatic rings. The van der Waals surface area contributed by atoms with Crippen molar-refractivity contribution in [2.45, 2.75) is 38.7 Å². The van der Waals surface area contributed by atoms with Crippen molar-refractivity contribution in [3.8, 4) is 0 Å². The largest absolute Gasteiger partial charge is 0.388 e. The number of aliphatic hydroxyl groups excluding tert-OH is 1. The number of rotatable bonds is 4. The van der Waals surface area contributed by atoms with Crippen LogP contribution in [0.25, 0.3) is 0 Å². The lowest BCUT2D eigenvalue weighted by molar-refractivity contribution is 0.134. The van der Waals surface area contributed by atoms with Crippen LogP contribution < -0.4 is 0 Å². The molecular formula is C15H22ClNO. The van der Waals surface area contributed by atoms with Gasteiger partial charge in [-0.05, 0) is 56.5 Å². The Morgan fingerprint density at radius 2 is 2.00 bits per heavy atom. The zero-order chi connectivity index (χ0) is 13.0. The lowest BCUT2D eigenvalue weighted by Gasteiger charge is -2.27. The van der Waals surface area contributed by atoms with Gasteiger partial charge in [0.25, 0.3) is 0 Å². The van der Waals surface area contributed by atoms with Crippen molar-refractivity contribution in [1.82, 2.24) is 4.90 Å². The molecular weight excluding hydrogens is 246 g/mol. The quantitative estimate of drug-likeness (QED) is 0.902. The van der Waals surface area contributed by atoms with Crippen molar-refractivity contribution in [2.24, 2.45) is 0 Å². The van der Waals surface area contributed by atoms with Crippen molar-refractivity contribution in [1.29, 1.82) is 0 Å². The van der Waals surface area contributed by atoms with Crippen LogP contribution in [0.1, 0.15) is 42.9 Å². The first kappa shape index (κ1) is 13.9. The molecule has 1 atom stereocenters. The highest BCUT2D eigenvalue weighted by atomic mass is 35.5. The molecule has 0 spiro atoms. The highest BCUT2D eigenvalue weighted by Crippen LogP contribution is 2.23. The fraction of sp³-hybridized carbons (Fsp3) is 0.600. The third kappa shape index (κ3) is 3.71. The molecule has 18 heavy (non-hydrogen) atoms. The standard InChI is InChI=1S/C15H22ClNO/c1-12-11-13(5-6-14(12)16)15(18)7-10-17-8-3-2-4-9-17/h5-6,11,15,18H,2-4,7-10H2,1H3. The van der Waals surface area contributed by atoms with Gasteiger partial charge in [0.1, 0.15) is 0 Å². The van der Waals surface area contributed by atoms with Crippen LogP contribution in [0, 0.1) is 6.92 Å². The Morgan fingerprint density at radius 1 is 1.28 bits per heavy atom. The Labute approximate surface area is 115 Å². The molecule has 1 aliphatic rings. The molecule has 0 bridgehead atoms. The second-order valence-corrected chi connectivity index (χ2v) is 5.62. The maximum Gasteiger partial charge on any atom is 0.0802 e. The Balaban J connectivity index is 1.86. The highest BCUT2D eigenvalue weighted by molar-refractivity contribution is 6.31. The molecule has 2 nitrogen and oxygen atoms in total. The van der Waals surface area contributed by atoms with E-state index in [0.29, 0.717) is 0 Å². The van der Waals surface area contributed by atoms with Gasteiger partial charge in [-0.15, -0.1) is 0 Å². The third-order valence-electron chi connectivity index (χ3n) is 3.73. The number of benzene rings is 1. The van der Waals surface area contributed by atoms with Crippen LogP contribution in [0.4, 0.5) is 0 Å². The van der Waals surface area contributed by atoms with Crippen LogP contribution in [-0.2, 0) is 0 Å². The van der Waals surface area contributed by atoms with E-state index in [4.69, 9.17) is 11.6 Å². The van der Waals surface area contributed by atoms with E-state index in [-0.39, 0.29) is 6.10 Å². The molecule has 3 heteroatoms. The number of hydrogen-bond donors (Lipinski definition) is 1. The van der Waals surface area contributed by atoms with E-state index >= 15 is 0 Å². The number of halogens is 1. The van der Waals surface area contributed by atoms with Gasteiger partial charge in [0, 0.05) is 11.6 Å². The van der Waals surface area contributed by atoms with Gasteiger partial charge in [0.05, 0.1) is 6.10 Å². The first-order valence-electron chi connectivity index (χ1n) is 6.83. The number of aryl methyl sites for hydroxylation is 1. The first-order valence-corrected chi connectivity index (χ1v) is 7.21. The molecule has 1 aromatic carbocycles. The van der Waals surface area contributed by atoms with Gasteiger partial charge in [0.2, 0.25) is 0 Å². The molecule has 0 saturated carbocycles. The maximum atomic E-state index is 10.2. The molecule has 0 radical (unpaired) electrons. The maximum absolute atomic E-state index is 10.2. The van der Waals surface area contributed by atoms with E-state index in [9.17, 15) is 5.11 Å². The highest BCUT2D eigenvalue weighted by Gasteiger charge is 2.13. The Kier molecular flexibility index (Phi) is 5.04. The first-order chi connectivity index (χ1) is 8.66. The molecule has 1 saturated heterocycles. The van der Waals surface area contributed by atoms with Gasteiger partial charge < -0.3 is 10.0 Å². The summed E-state index contributed by atoms with van der Waals surface area (Å²) in [7, 11) is 0. The Hall–Kier alpha value is -0.570. The Bertz CT molecular complexity index is 388. The third-order valence-corrected chi connectivity index (χ3v) is 4.16. The molecule has 1 heterocycles. The number of likely N-dealkylation sites (tertiary alicyclic amines) is 1. The molecule has 1 N–H and O–H groups in total. The smallest absolute Gasteiger partial charge is 0.0802 e. The molecule has 0 aliphatic carbocycles. The molecule has 1 aliphatic heterocycles. The summed E-state index contributed by atoms with van der Waals surface area (Å²) in [6, 6.07) is 5.79. The minimum Gasteiger partial charge on any atom is -0.388 e. The van der Waals surface area contributed by atoms with Crippen molar-refractivity contribution >= 4 is 11.6 Å². The van der Waals surface area contributed by atoms with Crippen LogP contribution in [0.3, 0.4) is 0 Å². The number of piperidine rings is 1. The molecule has 100 valence electrons. The van der Waals surface area contributed by atoms with E-state index in [1.54, 1.807) is 0 Å². The molecule has 1 fully saturated rings. The fourth-order valence-corrected chi connectivity index (χ4v) is 2.65. The summed E-state index contributed by atoms with van der Waals surface area (Å²) >= 11 is 5.99. The van der Waals surface area contributed by atoms with Gasteiger partial charge in [-0.25, -0.2) is 0 Å². The topological polar surface area (TPSA) is 23.5 Å².